The summed E-state index contributed by atoms with van der Waals surface area (Å²) in [5.41, 5.74) is 11.4. The third-order valence-corrected chi connectivity index (χ3v) is 3.74. The van der Waals surface area contributed by atoms with Gasteiger partial charge in [-0.15, -0.1) is 0 Å². The number of hydrogen-bond donors (Lipinski definition) is 1. The lowest BCUT2D eigenvalue weighted by Crippen LogP contribution is -2.15. The maximum absolute atomic E-state index is 11.4. The Balaban J connectivity index is 2.16. The van der Waals surface area contributed by atoms with Crippen LogP contribution < -0.4 is 5.73 Å². The third kappa shape index (κ3) is 2.24. The Labute approximate surface area is 112 Å². The molecule has 1 aromatic heterocycles. The zero-order valence-electron chi connectivity index (χ0n) is 10.7. The number of rotatable bonds is 3. The largest absolute Gasteiger partial charge is 0.369 e. The molecule has 0 unspecified atom stereocenters. The molecule has 2 aromatic rings. The molecule has 2 N–H and O–H groups in total. The molecule has 0 atom stereocenters. The lowest BCUT2D eigenvalue weighted by molar-refractivity contribution is -0.117. The van der Waals surface area contributed by atoms with Crippen LogP contribution >= 0.6 is 0 Å². The highest BCUT2D eigenvalue weighted by molar-refractivity contribution is 5.82. The lowest BCUT2D eigenvalue weighted by Gasteiger charge is -2.13. The van der Waals surface area contributed by atoms with Crippen molar-refractivity contribution < 1.29 is 4.79 Å². The fourth-order valence-electron chi connectivity index (χ4n) is 2.92. The van der Waals surface area contributed by atoms with Gasteiger partial charge in [0.25, 0.3) is 0 Å². The molecule has 0 saturated carbocycles. The monoisotopic (exact) mass is 252 g/mol. The normalized spacial score (nSPS) is 13.3. The summed E-state index contributed by atoms with van der Waals surface area (Å²) in [6, 6.07) is 8.24. The SMILES string of the molecule is NC(=O)Cc1c(-c2ccncc2)ccc2c1CCC2. The number of pyridine rings is 1. The van der Waals surface area contributed by atoms with Gasteiger partial charge in [0.15, 0.2) is 0 Å². The molecule has 0 aliphatic heterocycles. The van der Waals surface area contributed by atoms with Gasteiger partial charge in [-0.3, -0.25) is 9.78 Å². The van der Waals surface area contributed by atoms with E-state index < -0.39 is 0 Å². The van der Waals surface area contributed by atoms with Gasteiger partial charge in [0.2, 0.25) is 5.91 Å². The van der Waals surface area contributed by atoms with E-state index >= 15 is 0 Å². The Bertz CT molecular complexity index is 620. The Hall–Kier alpha value is -2.16. The van der Waals surface area contributed by atoms with Crippen molar-refractivity contribution in [2.24, 2.45) is 5.73 Å². The number of aromatic nitrogens is 1. The zero-order chi connectivity index (χ0) is 13.2. The van der Waals surface area contributed by atoms with E-state index in [0.29, 0.717) is 6.42 Å². The van der Waals surface area contributed by atoms with E-state index in [2.05, 4.69) is 17.1 Å². The van der Waals surface area contributed by atoms with Gasteiger partial charge in [-0.25, -0.2) is 0 Å². The number of carbonyl (C=O) groups excluding carboxylic acids is 1. The quantitative estimate of drug-likeness (QED) is 0.911. The van der Waals surface area contributed by atoms with E-state index in [9.17, 15) is 4.79 Å². The van der Waals surface area contributed by atoms with Crippen LogP contribution in [0.25, 0.3) is 11.1 Å². The predicted molar refractivity (Wildman–Crippen MR) is 74.6 cm³/mol. The van der Waals surface area contributed by atoms with E-state index in [1.807, 2.05) is 12.1 Å². The minimum absolute atomic E-state index is 0.268. The summed E-state index contributed by atoms with van der Waals surface area (Å²) in [5, 5.41) is 0. The number of carbonyl (C=O) groups is 1. The molecule has 0 fully saturated rings. The van der Waals surface area contributed by atoms with E-state index in [1.54, 1.807) is 12.4 Å². The van der Waals surface area contributed by atoms with Gasteiger partial charge in [0, 0.05) is 12.4 Å². The first-order valence-electron chi connectivity index (χ1n) is 6.58. The molecule has 0 spiro atoms. The Morgan fingerprint density at radius 2 is 1.95 bits per heavy atom. The summed E-state index contributed by atoms with van der Waals surface area (Å²) >= 11 is 0. The molecule has 3 rings (SSSR count). The Morgan fingerprint density at radius 3 is 2.68 bits per heavy atom. The molecule has 1 amide bonds. The molecule has 0 radical (unpaired) electrons. The van der Waals surface area contributed by atoms with Crippen LogP contribution in [0.4, 0.5) is 0 Å². The van der Waals surface area contributed by atoms with Crippen LogP contribution in [0.15, 0.2) is 36.7 Å². The van der Waals surface area contributed by atoms with E-state index in [1.165, 1.54) is 17.5 Å². The van der Waals surface area contributed by atoms with Crippen LogP contribution in [0.1, 0.15) is 23.1 Å². The minimum atomic E-state index is -0.268. The van der Waals surface area contributed by atoms with Crippen molar-refractivity contribution >= 4 is 5.91 Å². The summed E-state index contributed by atoms with van der Waals surface area (Å²) < 4.78 is 0. The van der Waals surface area contributed by atoms with Gasteiger partial charge in [-0.2, -0.15) is 0 Å². The highest BCUT2D eigenvalue weighted by Crippen LogP contribution is 2.33. The van der Waals surface area contributed by atoms with Gasteiger partial charge in [0.05, 0.1) is 6.42 Å². The number of nitrogens with two attached hydrogens (primary N) is 1. The number of nitrogens with zero attached hydrogens (tertiary/aromatic N) is 1. The summed E-state index contributed by atoms with van der Waals surface area (Å²) in [5.74, 6) is -0.268. The van der Waals surface area contributed by atoms with Crippen LogP contribution in [0.5, 0.6) is 0 Å². The number of fused-ring (bicyclic) bond motifs is 1. The maximum atomic E-state index is 11.4. The number of primary amides is 1. The van der Waals surface area contributed by atoms with E-state index in [4.69, 9.17) is 5.73 Å². The number of benzene rings is 1. The minimum Gasteiger partial charge on any atom is -0.369 e. The summed E-state index contributed by atoms with van der Waals surface area (Å²) in [4.78, 5) is 15.4. The number of hydrogen-bond acceptors (Lipinski definition) is 2. The van der Waals surface area contributed by atoms with E-state index in [-0.39, 0.29) is 5.91 Å². The molecule has 1 aromatic carbocycles. The third-order valence-electron chi connectivity index (χ3n) is 3.74. The molecule has 96 valence electrons. The molecule has 1 aliphatic carbocycles. The molecule has 0 saturated heterocycles. The number of aryl methyl sites for hydroxylation is 1. The fraction of sp³-hybridized carbons (Fsp3) is 0.250. The van der Waals surface area contributed by atoms with Crippen LogP contribution in [-0.2, 0) is 24.1 Å². The van der Waals surface area contributed by atoms with Crippen molar-refractivity contribution in [3.05, 3.63) is 53.3 Å². The van der Waals surface area contributed by atoms with Crippen molar-refractivity contribution in [3.8, 4) is 11.1 Å². The topological polar surface area (TPSA) is 56.0 Å². The molecule has 1 heterocycles. The van der Waals surface area contributed by atoms with Gasteiger partial charge < -0.3 is 5.73 Å². The van der Waals surface area contributed by atoms with Crippen molar-refractivity contribution in [2.45, 2.75) is 25.7 Å². The second kappa shape index (κ2) is 4.84. The van der Waals surface area contributed by atoms with Crippen molar-refractivity contribution in [1.82, 2.24) is 4.98 Å². The molecule has 0 bridgehead atoms. The molecule has 3 nitrogen and oxygen atoms in total. The summed E-state index contributed by atoms with van der Waals surface area (Å²) in [7, 11) is 0. The van der Waals surface area contributed by atoms with Crippen molar-refractivity contribution in [2.75, 3.05) is 0 Å². The standard InChI is InChI=1S/C16H16N2O/c17-16(19)10-15-13-3-1-2-11(13)4-5-14(15)12-6-8-18-9-7-12/h4-9H,1-3,10H2,(H2,17,19). The summed E-state index contributed by atoms with van der Waals surface area (Å²) in [6.45, 7) is 0. The highest BCUT2D eigenvalue weighted by atomic mass is 16.1. The second-order valence-electron chi connectivity index (χ2n) is 4.96. The molecular weight excluding hydrogens is 236 g/mol. The lowest BCUT2D eigenvalue weighted by atomic mass is 9.91. The molecule has 19 heavy (non-hydrogen) atoms. The smallest absolute Gasteiger partial charge is 0.221 e. The van der Waals surface area contributed by atoms with Crippen LogP contribution in [0.2, 0.25) is 0 Å². The van der Waals surface area contributed by atoms with Crippen LogP contribution in [0.3, 0.4) is 0 Å². The fourth-order valence-corrected chi connectivity index (χ4v) is 2.92. The van der Waals surface area contributed by atoms with Gasteiger partial charge in [-0.05, 0) is 59.2 Å². The first kappa shape index (κ1) is 11.9. The average Bonchev–Trinajstić information content (AvgIpc) is 2.88. The van der Waals surface area contributed by atoms with Gasteiger partial charge in [0.1, 0.15) is 0 Å². The molecular formula is C16H16N2O. The van der Waals surface area contributed by atoms with Gasteiger partial charge >= 0.3 is 0 Å². The van der Waals surface area contributed by atoms with Crippen molar-refractivity contribution in [3.63, 3.8) is 0 Å². The number of amides is 1. The van der Waals surface area contributed by atoms with Crippen LogP contribution in [-0.4, -0.2) is 10.9 Å². The Kier molecular flexibility index (Phi) is 3.03. The zero-order valence-corrected chi connectivity index (χ0v) is 10.7. The molecule has 3 heteroatoms. The predicted octanol–water partition coefficient (Wildman–Crippen LogP) is 2.27. The summed E-state index contributed by atoms with van der Waals surface area (Å²) in [6.07, 6.45) is 7.20. The van der Waals surface area contributed by atoms with Gasteiger partial charge in [-0.1, -0.05) is 12.1 Å². The maximum Gasteiger partial charge on any atom is 0.221 e. The Morgan fingerprint density at radius 1 is 1.16 bits per heavy atom. The average molecular weight is 252 g/mol. The second-order valence-corrected chi connectivity index (χ2v) is 4.96. The first-order chi connectivity index (χ1) is 9.25. The van der Waals surface area contributed by atoms with Crippen molar-refractivity contribution in [1.29, 1.82) is 0 Å². The van der Waals surface area contributed by atoms with Crippen LogP contribution in [0, 0.1) is 0 Å². The molecule has 1 aliphatic rings. The first-order valence-corrected chi connectivity index (χ1v) is 6.58. The van der Waals surface area contributed by atoms with E-state index in [0.717, 1.165) is 29.5 Å². The highest BCUT2D eigenvalue weighted by Gasteiger charge is 2.19.